The number of hydrogen-bond acceptors (Lipinski definition) is 4. The second-order valence-corrected chi connectivity index (χ2v) is 5.28. The van der Waals surface area contributed by atoms with Crippen molar-refractivity contribution in [2.24, 2.45) is 5.16 Å². The van der Waals surface area contributed by atoms with Crippen molar-refractivity contribution < 1.29 is 9.63 Å². The van der Waals surface area contributed by atoms with Crippen LogP contribution in [0.1, 0.15) is 5.56 Å². The summed E-state index contributed by atoms with van der Waals surface area (Å²) in [5.74, 6) is -0.156. The van der Waals surface area contributed by atoms with E-state index in [4.69, 9.17) is 4.84 Å². The summed E-state index contributed by atoms with van der Waals surface area (Å²) < 4.78 is 0. The van der Waals surface area contributed by atoms with Gasteiger partial charge in [-0.05, 0) is 29.8 Å². The average Bonchev–Trinajstić information content (AvgIpc) is 2.59. The molecule has 0 atom stereocenters. The molecule has 0 fully saturated rings. The van der Waals surface area contributed by atoms with Gasteiger partial charge in [-0.1, -0.05) is 35.5 Å². The fourth-order valence-electron chi connectivity index (χ4n) is 1.94. The molecule has 0 aliphatic heterocycles. The summed E-state index contributed by atoms with van der Waals surface area (Å²) in [7, 11) is 5.69. The van der Waals surface area contributed by atoms with Gasteiger partial charge in [-0.25, -0.2) is 0 Å². The van der Waals surface area contributed by atoms with E-state index in [1.165, 1.54) is 0 Å². The Hall–Kier alpha value is -2.82. The first-order valence-electron chi connectivity index (χ1n) is 7.32. The zero-order chi connectivity index (χ0) is 16.7. The van der Waals surface area contributed by atoms with Crippen LogP contribution < -0.4 is 9.80 Å². The fraction of sp³-hybridized carbons (Fsp3) is 0.222. The molecule has 0 N–H and O–H groups in total. The molecule has 2 aromatic carbocycles. The minimum absolute atomic E-state index is 0.0995. The van der Waals surface area contributed by atoms with Crippen molar-refractivity contribution in [3.63, 3.8) is 0 Å². The summed E-state index contributed by atoms with van der Waals surface area (Å²) in [6.45, 7) is -0.0995. The second kappa shape index (κ2) is 7.98. The highest BCUT2D eigenvalue weighted by molar-refractivity contribution is 5.93. The van der Waals surface area contributed by atoms with E-state index in [9.17, 15) is 4.79 Å². The van der Waals surface area contributed by atoms with Crippen molar-refractivity contribution in [1.82, 2.24) is 0 Å². The fourth-order valence-corrected chi connectivity index (χ4v) is 1.94. The molecule has 0 spiro atoms. The van der Waals surface area contributed by atoms with Crippen LogP contribution in [0.3, 0.4) is 0 Å². The van der Waals surface area contributed by atoms with Gasteiger partial charge in [-0.2, -0.15) is 0 Å². The molecular formula is C18H21N3O2. The standard InChI is InChI=1S/C18H21N3O2/c1-20(2)16-11-9-15(10-12-16)13-19-23-14-18(22)21(3)17-7-5-4-6-8-17/h4-13H,14H2,1-3H3. The van der Waals surface area contributed by atoms with Gasteiger partial charge < -0.3 is 14.6 Å². The number of anilines is 2. The molecule has 0 bridgehead atoms. The number of likely N-dealkylation sites (N-methyl/N-ethyl adjacent to an activating group) is 1. The van der Waals surface area contributed by atoms with Gasteiger partial charge >= 0.3 is 0 Å². The lowest BCUT2D eigenvalue weighted by Crippen LogP contribution is -2.29. The van der Waals surface area contributed by atoms with Crippen molar-refractivity contribution >= 4 is 23.5 Å². The molecule has 0 aromatic heterocycles. The minimum atomic E-state index is -0.156. The molecule has 0 aliphatic carbocycles. The first-order chi connectivity index (χ1) is 11.1. The lowest BCUT2D eigenvalue weighted by molar-refractivity contribution is -0.122. The summed E-state index contributed by atoms with van der Waals surface area (Å²) in [6.07, 6.45) is 1.59. The Morgan fingerprint density at radius 3 is 2.26 bits per heavy atom. The number of hydrogen-bond donors (Lipinski definition) is 0. The smallest absolute Gasteiger partial charge is 0.267 e. The number of amides is 1. The van der Waals surface area contributed by atoms with Gasteiger partial charge in [0.05, 0.1) is 6.21 Å². The molecule has 0 radical (unpaired) electrons. The summed E-state index contributed by atoms with van der Waals surface area (Å²) >= 11 is 0. The van der Waals surface area contributed by atoms with E-state index in [0.29, 0.717) is 0 Å². The van der Waals surface area contributed by atoms with E-state index in [1.807, 2.05) is 73.6 Å². The third-order valence-corrected chi connectivity index (χ3v) is 3.39. The van der Waals surface area contributed by atoms with Gasteiger partial charge in [-0.15, -0.1) is 0 Å². The number of carbonyl (C=O) groups is 1. The molecule has 120 valence electrons. The Labute approximate surface area is 136 Å². The Morgan fingerprint density at radius 1 is 1.00 bits per heavy atom. The van der Waals surface area contributed by atoms with Crippen molar-refractivity contribution in [1.29, 1.82) is 0 Å². The number of para-hydroxylation sites is 1. The van der Waals surface area contributed by atoms with Gasteiger partial charge in [0, 0.05) is 32.5 Å². The Kier molecular flexibility index (Phi) is 5.74. The Balaban J connectivity index is 1.83. The molecular weight excluding hydrogens is 290 g/mol. The molecule has 23 heavy (non-hydrogen) atoms. The molecule has 5 nitrogen and oxygen atoms in total. The van der Waals surface area contributed by atoms with Crippen LogP contribution in [0.2, 0.25) is 0 Å². The zero-order valence-corrected chi connectivity index (χ0v) is 13.6. The molecule has 0 heterocycles. The SMILES string of the molecule is CN(C)c1ccc(C=NOCC(=O)N(C)c2ccccc2)cc1. The van der Waals surface area contributed by atoms with Crippen LogP contribution in [-0.4, -0.2) is 39.9 Å². The zero-order valence-electron chi connectivity index (χ0n) is 13.6. The van der Waals surface area contributed by atoms with Crippen molar-refractivity contribution in [3.05, 3.63) is 60.2 Å². The lowest BCUT2D eigenvalue weighted by Gasteiger charge is -2.16. The molecule has 2 rings (SSSR count). The summed E-state index contributed by atoms with van der Waals surface area (Å²) in [6, 6.07) is 17.3. The summed E-state index contributed by atoms with van der Waals surface area (Å²) in [5, 5.41) is 3.85. The normalized spacial score (nSPS) is 10.6. The number of oxime groups is 1. The van der Waals surface area contributed by atoms with Gasteiger partial charge in [-0.3, -0.25) is 4.79 Å². The van der Waals surface area contributed by atoms with Crippen LogP contribution >= 0.6 is 0 Å². The van der Waals surface area contributed by atoms with E-state index < -0.39 is 0 Å². The predicted molar refractivity (Wildman–Crippen MR) is 94.2 cm³/mol. The highest BCUT2D eigenvalue weighted by atomic mass is 16.6. The van der Waals surface area contributed by atoms with E-state index in [2.05, 4.69) is 5.16 Å². The largest absolute Gasteiger partial charge is 0.386 e. The monoisotopic (exact) mass is 311 g/mol. The van der Waals surface area contributed by atoms with E-state index in [1.54, 1.807) is 18.2 Å². The maximum atomic E-state index is 12.0. The van der Waals surface area contributed by atoms with E-state index >= 15 is 0 Å². The van der Waals surface area contributed by atoms with Gasteiger partial charge in [0.1, 0.15) is 0 Å². The van der Waals surface area contributed by atoms with Crippen LogP contribution in [-0.2, 0) is 9.63 Å². The predicted octanol–water partition coefficient (Wildman–Crippen LogP) is 2.77. The first-order valence-corrected chi connectivity index (χ1v) is 7.32. The average molecular weight is 311 g/mol. The molecule has 0 unspecified atom stereocenters. The molecule has 5 heteroatoms. The number of rotatable bonds is 6. The van der Waals surface area contributed by atoms with Crippen LogP contribution in [0.4, 0.5) is 11.4 Å². The quantitative estimate of drug-likeness (QED) is 0.609. The van der Waals surface area contributed by atoms with Crippen LogP contribution in [0.25, 0.3) is 0 Å². The summed E-state index contributed by atoms with van der Waals surface area (Å²) in [5.41, 5.74) is 2.85. The minimum Gasteiger partial charge on any atom is -0.386 e. The molecule has 1 amide bonds. The highest BCUT2D eigenvalue weighted by Crippen LogP contribution is 2.12. The van der Waals surface area contributed by atoms with Crippen molar-refractivity contribution in [3.8, 4) is 0 Å². The molecule has 0 saturated heterocycles. The topological polar surface area (TPSA) is 45.1 Å². The van der Waals surface area contributed by atoms with E-state index in [-0.39, 0.29) is 12.5 Å². The Morgan fingerprint density at radius 2 is 1.65 bits per heavy atom. The first kappa shape index (κ1) is 16.5. The second-order valence-electron chi connectivity index (χ2n) is 5.28. The number of benzene rings is 2. The Bertz CT molecular complexity index is 652. The maximum Gasteiger partial charge on any atom is 0.267 e. The van der Waals surface area contributed by atoms with Gasteiger partial charge in [0.15, 0.2) is 6.61 Å². The molecule has 0 aliphatic rings. The molecule has 0 saturated carbocycles. The summed E-state index contributed by atoms with van der Waals surface area (Å²) in [4.78, 5) is 20.6. The third-order valence-electron chi connectivity index (χ3n) is 3.39. The van der Waals surface area contributed by atoms with Crippen LogP contribution in [0.15, 0.2) is 59.8 Å². The van der Waals surface area contributed by atoms with Crippen molar-refractivity contribution in [2.75, 3.05) is 37.5 Å². The lowest BCUT2D eigenvalue weighted by atomic mass is 10.2. The van der Waals surface area contributed by atoms with Gasteiger partial charge in [0.2, 0.25) is 0 Å². The number of nitrogens with zero attached hydrogens (tertiary/aromatic N) is 3. The number of carbonyl (C=O) groups excluding carboxylic acids is 1. The highest BCUT2D eigenvalue weighted by Gasteiger charge is 2.10. The van der Waals surface area contributed by atoms with Crippen LogP contribution in [0, 0.1) is 0 Å². The van der Waals surface area contributed by atoms with Gasteiger partial charge in [0.25, 0.3) is 5.91 Å². The maximum absolute atomic E-state index is 12.0. The van der Waals surface area contributed by atoms with Crippen LogP contribution in [0.5, 0.6) is 0 Å². The third kappa shape index (κ3) is 4.85. The van der Waals surface area contributed by atoms with Crippen molar-refractivity contribution in [2.45, 2.75) is 0 Å². The molecule has 2 aromatic rings. The van der Waals surface area contributed by atoms with E-state index in [0.717, 1.165) is 16.9 Å².